The zero-order chi connectivity index (χ0) is 8.81. The second-order valence-electron chi connectivity index (χ2n) is 3.71. The highest BCUT2D eigenvalue weighted by molar-refractivity contribution is 4.89. The van der Waals surface area contributed by atoms with Crippen molar-refractivity contribution < 1.29 is 0 Å². The van der Waals surface area contributed by atoms with Crippen molar-refractivity contribution in [1.82, 2.24) is 4.90 Å². The summed E-state index contributed by atoms with van der Waals surface area (Å²) in [6.07, 6.45) is 10.7. The van der Waals surface area contributed by atoms with Gasteiger partial charge in [0.1, 0.15) is 0 Å². The number of likely N-dealkylation sites (tertiary alicyclic amines) is 1. The number of rotatable bonds is 3. The highest BCUT2D eigenvalue weighted by Crippen LogP contribution is 2.20. The minimum Gasteiger partial charge on any atom is -0.292 e. The quantitative estimate of drug-likeness (QED) is 0.579. The van der Waals surface area contributed by atoms with Gasteiger partial charge in [0.2, 0.25) is 0 Å². The minimum atomic E-state index is 0.846. The van der Waals surface area contributed by atoms with Crippen molar-refractivity contribution in [3.8, 4) is 12.3 Å². The zero-order valence-electron chi connectivity index (χ0n) is 8.05. The summed E-state index contributed by atoms with van der Waals surface area (Å²) >= 11 is 0. The lowest BCUT2D eigenvalue weighted by Crippen LogP contribution is -2.33. The maximum Gasteiger partial charge on any atom is 0.0598 e. The van der Waals surface area contributed by atoms with Gasteiger partial charge in [0, 0.05) is 0 Å². The second kappa shape index (κ2) is 5.22. The molecule has 1 rings (SSSR count). The first-order chi connectivity index (χ1) is 5.86. The van der Waals surface area contributed by atoms with Gasteiger partial charge in [-0.15, -0.1) is 6.42 Å². The van der Waals surface area contributed by atoms with E-state index in [0.29, 0.717) is 0 Å². The number of terminal acetylenes is 1. The van der Waals surface area contributed by atoms with Crippen LogP contribution in [0.25, 0.3) is 0 Å². The Labute approximate surface area is 76.1 Å². The van der Waals surface area contributed by atoms with Gasteiger partial charge in [0.25, 0.3) is 0 Å². The first-order valence-corrected chi connectivity index (χ1v) is 5.02. The van der Waals surface area contributed by atoms with E-state index in [4.69, 9.17) is 6.42 Å². The molecule has 0 saturated carbocycles. The fraction of sp³-hybridized carbons (Fsp3) is 0.818. The van der Waals surface area contributed by atoms with Crippen LogP contribution in [0.4, 0.5) is 0 Å². The smallest absolute Gasteiger partial charge is 0.0598 e. The molecule has 0 unspecified atom stereocenters. The van der Waals surface area contributed by atoms with Crippen LogP contribution in [0.5, 0.6) is 0 Å². The van der Waals surface area contributed by atoms with Crippen LogP contribution >= 0.6 is 0 Å². The molecule has 0 amide bonds. The Kier molecular flexibility index (Phi) is 4.18. The van der Waals surface area contributed by atoms with E-state index in [9.17, 15) is 0 Å². The van der Waals surface area contributed by atoms with Gasteiger partial charge in [-0.25, -0.2) is 0 Å². The third kappa shape index (κ3) is 2.87. The molecule has 1 saturated heterocycles. The summed E-state index contributed by atoms with van der Waals surface area (Å²) in [5.74, 6) is 3.69. The molecule has 0 radical (unpaired) electrons. The molecule has 0 aromatic heterocycles. The Morgan fingerprint density at radius 1 is 1.42 bits per heavy atom. The van der Waals surface area contributed by atoms with Crippen molar-refractivity contribution in [2.45, 2.75) is 32.6 Å². The van der Waals surface area contributed by atoms with Crippen LogP contribution in [0.15, 0.2) is 0 Å². The van der Waals surface area contributed by atoms with Gasteiger partial charge in [-0.1, -0.05) is 25.7 Å². The van der Waals surface area contributed by atoms with E-state index >= 15 is 0 Å². The summed E-state index contributed by atoms with van der Waals surface area (Å²) in [5, 5.41) is 0. The molecule has 1 aliphatic heterocycles. The molecule has 0 aliphatic carbocycles. The SMILES string of the molecule is C#CCN1CCC(CCC)CC1. The number of hydrogen-bond acceptors (Lipinski definition) is 1. The summed E-state index contributed by atoms with van der Waals surface area (Å²) in [7, 11) is 0. The van der Waals surface area contributed by atoms with Crippen molar-refractivity contribution in [2.75, 3.05) is 19.6 Å². The minimum absolute atomic E-state index is 0.846. The lowest BCUT2D eigenvalue weighted by atomic mass is 9.92. The molecule has 0 bridgehead atoms. The van der Waals surface area contributed by atoms with Gasteiger partial charge in [-0.2, -0.15) is 0 Å². The van der Waals surface area contributed by atoms with Gasteiger partial charge in [-0.3, -0.25) is 4.90 Å². The molecule has 0 aromatic carbocycles. The lowest BCUT2D eigenvalue weighted by Gasteiger charge is -2.30. The standard InChI is InChI=1S/C11H19N/c1-3-5-11-6-9-12(8-4-2)10-7-11/h2,11H,3,5-10H2,1H3. The van der Waals surface area contributed by atoms with Crippen LogP contribution in [0, 0.1) is 18.3 Å². The first-order valence-electron chi connectivity index (χ1n) is 5.02. The van der Waals surface area contributed by atoms with E-state index in [0.717, 1.165) is 12.5 Å². The summed E-state index contributed by atoms with van der Waals surface area (Å²) in [6.45, 7) is 5.55. The van der Waals surface area contributed by atoms with E-state index in [2.05, 4.69) is 17.7 Å². The molecule has 12 heavy (non-hydrogen) atoms. The monoisotopic (exact) mass is 165 g/mol. The average Bonchev–Trinajstić information content (AvgIpc) is 2.09. The van der Waals surface area contributed by atoms with Crippen LogP contribution in [0.1, 0.15) is 32.6 Å². The van der Waals surface area contributed by atoms with Crippen LogP contribution in [-0.4, -0.2) is 24.5 Å². The normalized spacial score (nSPS) is 20.7. The zero-order valence-corrected chi connectivity index (χ0v) is 8.05. The van der Waals surface area contributed by atoms with Crippen LogP contribution in [0.3, 0.4) is 0 Å². The first kappa shape index (κ1) is 9.61. The van der Waals surface area contributed by atoms with E-state index in [1.165, 1.54) is 38.8 Å². The lowest BCUT2D eigenvalue weighted by molar-refractivity contribution is 0.196. The van der Waals surface area contributed by atoms with E-state index in [1.807, 2.05) is 0 Å². The highest BCUT2D eigenvalue weighted by Gasteiger charge is 2.16. The third-order valence-electron chi connectivity index (χ3n) is 2.72. The summed E-state index contributed by atoms with van der Waals surface area (Å²) in [6, 6.07) is 0. The second-order valence-corrected chi connectivity index (χ2v) is 3.71. The molecule has 0 aromatic rings. The Hall–Kier alpha value is -0.480. The topological polar surface area (TPSA) is 3.24 Å². The molecule has 1 fully saturated rings. The summed E-state index contributed by atoms with van der Waals surface area (Å²) in [5.41, 5.74) is 0. The molecule has 1 aliphatic rings. The predicted molar refractivity (Wildman–Crippen MR) is 52.9 cm³/mol. The van der Waals surface area contributed by atoms with Crippen molar-refractivity contribution in [1.29, 1.82) is 0 Å². The Balaban J connectivity index is 2.16. The Morgan fingerprint density at radius 3 is 2.58 bits per heavy atom. The molecule has 1 heterocycles. The molecule has 0 atom stereocenters. The molecule has 0 N–H and O–H groups in total. The van der Waals surface area contributed by atoms with E-state index < -0.39 is 0 Å². The van der Waals surface area contributed by atoms with Crippen molar-refractivity contribution in [3.05, 3.63) is 0 Å². The van der Waals surface area contributed by atoms with Crippen molar-refractivity contribution in [2.24, 2.45) is 5.92 Å². The predicted octanol–water partition coefficient (Wildman–Crippen LogP) is 2.13. The van der Waals surface area contributed by atoms with Crippen molar-refractivity contribution >= 4 is 0 Å². The van der Waals surface area contributed by atoms with Crippen LogP contribution in [0.2, 0.25) is 0 Å². The van der Waals surface area contributed by atoms with Gasteiger partial charge in [0.05, 0.1) is 6.54 Å². The maximum atomic E-state index is 5.26. The fourth-order valence-electron chi connectivity index (χ4n) is 1.97. The molecule has 1 heteroatoms. The van der Waals surface area contributed by atoms with Gasteiger partial charge >= 0.3 is 0 Å². The molecule has 1 nitrogen and oxygen atoms in total. The van der Waals surface area contributed by atoms with Crippen LogP contribution in [-0.2, 0) is 0 Å². The molecule has 0 spiro atoms. The molecular formula is C11H19N. The van der Waals surface area contributed by atoms with E-state index in [1.54, 1.807) is 0 Å². The van der Waals surface area contributed by atoms with E-state index in [-0.39, 0.29) is 0 Å². The fourth-order valence-corrected chi connectivity index (χ4v) is 1.97. The maximum absolute atomic E-state index is 5.26. The van der Waals surface area contributed by atoms with Gasteiger partial charge < -0.3 is 0 Å². The molecule has 68 valence electrons. The van der Waals surface area contributed by atoms with Crippen LogP contribution < -0.4 is 0 Å². The summed E-state index contributed by atoms with van der Waals surface area (Å²) < 4.78 is 0. The van der Waals surface area contributed by atoms with Gasteiger partial charge in [0.15, 0.2) is 0 Å². The van der Waals surface area contributed by atoms with Crippen molar-refractivity contribution in [3.63, 3.8) is 0 Å². The third-order valence-corrected chi connectivity index (χ3v) is 2.72. The average molecular weight is 165 g/mol. The molecular weight excluding hydrogens is 146 g/mol. The largest absolute Gasteiger partial charge is 0.292 e. The number of hydrogen-bond donors (Lipinski definition) is 0. The Bertz CT molecular complexity index is 149. The highest BCUT2D eigenvalue weighted by atomic mass is 15.1. The summed E-state index contributed by atoms with van der Waals surface area (Å²) in [4.78, 5) is 2.38. The number of nitrogens with zero attached hydrogens (tertiary/aromatic N) is 1. The Morgan fingerprint density at radius 2 is 2.08 bits per heavy atom. The number of piperidine rings is 1. The van der Waals surface area contributed by atoms with Gasteiger partial charge in [-0.05, 0) is 31.8 Å².